The molecule has 1 saturated heterocycles. The van der Waals surface area contributed by atoms with Gasteiger partial charge in [0.1, 0.15) is 0 Å². The highest BCUT2D eigenvalue weighted by Gasteiger charge is 2.35. The van der Waals surface area contributed by atoms with Crippen molar-refractivity contribution < 1.29 is 14.4 Å². The minimum Gasteiger partial charge on any atom is -0.352 e. The topological polar surface area (TPSA) is 95.5 Å². The Kier molecular flexibility index (Phi) is 6.08. The first-order valence-electron chi connectivity index (χ1n) is 10.00. The molecule has 4 rings (SSSR count). The Morgan fingerprint density at radius 1 is 1.17 bits per heavy atom. The van der Waals surface area contributed by atoms with Crippen LogP contribution in [0.1, 0.15) is 46.4 Å². The second-order valence-corrected chi connectivity index (χ2v) is 8.37. The fourth-order valence-corrected chi connectivity index (χ4v) is 4.26. The van der Waals surface area contributed by atoms with E-state index in [9.17, 15) is 14.4 Å². The molecule has 1 unspecified atom stereocenters. The number of nitrogens with one attached hydrogen (secondary N) is 1. The number of halogens is 1. The zero-order valence-corrected chi connectivity index (χ0v) is 18.0. The first kappa shape index (κ1) is 20.5. The molecule has 1 atom stereocenters. The number of rotatable bonds is 6. The summed E-state index contributed by atoms with van der Waals surface area (Å²) in [5.41, 5.74) is 0.822. The molecule has 2 aromatic rings. The van der Waals surface area contributed by atoms with Crippen LogP contribution in [0.4, 0.5) is 5.95 Å². The summed E-state index contributed by atoms with van der Waals surface area (Å²) >= 11 is 3.32. The van der Waals surface area contributed by atoms with Crippen molar-refractivity contribution in [2.24, 2.45) is 0 Å². The van der Waals surface area contributed by atoms with Gasteiger partial charge in [-0.3, -0.25) is 19.3 Å². The fourth-order valence-electron chi connectivity index (χ4n) is 3.89. The maximum Gasteiger partial charge on any atom is 0.261 e. The molecule has 2 aliphatic rings. The summed E-state index contributed by atoms with van der Waals surface area (Å²) in [5.74, 6) is 0.0000711. The van der Waals surface area contributed by atoms with Crippen LogP contribution in [0, 0.1) is 0 Å². The molecule has 9 heteroatoms. The number of carbonyl (C=O) groups excluding carboxylic acids is 3. The zero-order valence-electron chi connectivity index (χ0n) is 16.4. The largest absolute Gasteiger partial charge is 0.352 e. The van der Waals surface area contributed by atoms with Gasteiger partial charge in [0, 0.05) is 49.0 Å². The SMILES string of the molecule is O=C(CCCN1C(=O)c2ccc(Br)cc2C1=O)NC1CCCN(c2ncccn2)C1. The summed E-state index contributed by atoms with van der Waals surface area (Å²) in [6.45, 7) is 1.77. The van der Waals surface area contributed by atoms with Crippen LogP contribution in [0.25, 0.3) is 0 Å². The van der Waals surface area contributed by atoms with Crippen LogP contribution in [0.2, 0.25) is 0 Å². The summed E-state index contributed by atoms with van der Waals surface area (Å²) < 4.78 is 0.756. The molecule has 1 fully saturated rings. The monoisotopic (exact) mass is 471 g/mol. The molecule has 3 heterocycles. The molecule has 0 bridgehead atoms. The molecule has 1 aromatic heterocycles. The number of fused-ring (bicyclic) bond motifs is 1. The lowest BCUT2D eigenvalue weighted by atomic mass is 10.1. The van der Waals surface area contributed by atoms with Gasteiger partial charge in [-0.1, -0.05) is 15.9 Å². The molecule has 2 aliphatic heterocycles. The molecular formula is C21H22BrN5O3. The number of aromatic nitrogens is 2. The number of imide groups is 1. The van der Waals surface area contributed by atoms with Gasteiger partial charge in [-0.25, -0.2) is 9.97 Å². The molecule has 0 saturated carbocycles. The number of nitrogens with zero attached hydrogens (tertiary/aromatic N) is 4. The predicted octanol–water partition coefficient (Wildman–Crippen LogP) is 2.40. The van der Waals surface area contributed by atoms with E-state index in [4.69, 9.17) is 0 Å². The van der Waals surface area contributed by atoms with Gasteiger partial charge < -0.3 is 10.2 Å². The lowest BCUT2D eigenvalue weighted by Gasteiger charge is -2.33. The quantitative estimate of drug-likeness (QED) is 0.649. The number of amides is 3. The van der Waals surface area contributed by atoms with E-state index in [-0.39, 0.29) is 36.7 Å². The van der Waals surface area contributed by atoms with E-state index in [0.29, 0.717) is 30.0 Å². The van der Waals surface area contributed by atoms with E-state index < -0.39 is 0 Å². The molecule has 3 amide bonds. The van der Waals surface area contributed by atoms with Crippen molar-refractivity contribution in [3.63, 3.8) is 0 Å². The zero-order chi connectivity index (χ0) is 21.1. The Morgan fingerprint density at radius 2 is 1.93 bits per heavy atom. The third-order valence-corrected chi connectivity index (χ3v) is 5.83. The lowest BCUT2D eigenvalue weighted by molar-refractivity contribution is -0.122. The standard InChI is InChI=1S/C21H22BrN5O3/c22-14-6-7-16-17(12-14)20(30)27(19(16)29)11-2-5-18(28)25-15-4-1-10-26(13-15)21-23-8-3-9-24-21/h3,6-9,12,15H,1-2,4-5,10-11,13H2,(H,25,28). The van der Waals surface area contributed by atoms with Gasteiger partial charge in [-0.05, 0) is 43.5 Å². The smallest absolute Gasteiger partial charge is 0.261 e. The molecular weight excluding hydrogens is 450 g/mol. The maximum absolute atomic E-state index is 12.5. The number of piperidine rings is 1. The number of benzene rings is 1. The van der Waals surface area contributed by atoms with E-state index in [0.717, 1.165) is 23.9 Å². The van der Waals surface area contributed by atoms with E-state index in [1.54, 1.807) is 36.7 Å². The molecule has 30 heavy (non-hydrogen) atoms. The van der Waals surface area contributed by atoms with Crippen molar-refractivity contribution >= 4 is 39.6 Å². The Balaban J connectivity index is 1.26. The van der Waals surface area contributed by atoms with E-state index >= 15 is 0 Å². The Labute approximate surface area is 182 Å². The van der Waals surface area contributed by atoms with Gasteiger partial charge in [0.2, 0.25) is 11.9 Å². The minimum atomic E-state index is -0.303. The van der Waals surface area contributed by atoms with Gasteiger partial charge in [-0.2, -0.15) is 0 Å². The Bertz CT molecular complexity index is 968. The molecule has 1 N–H and O–H groups in total. The van der Waals surface area contributed by atoms with Crippen LogP contribution >= 0.6 is 15.9 Å². The van der Waals surface area contributed by atoms with Crippen molar-refractivity contribution in [1.29, 1.82) is 0 Å². The van der Waals surface area contributed by atoms with Gasteiger partial charge in [0.05, 0.1) is 11.1 Å². The number of hydrogen-bond donors (Lipinski definition) is 1. The summed E-state index contributed by atoms with van der Waals surface area (Å²) in [6.07, 6.45) is 5.97. The predicted molar refractivity (Wildman–Crippen MR) is 114 cm³/mol. The van der Waals surface area contributed by atoms with Crippen LogP contribution in [0.3, 0.4) is 0 Å². The van der Waals surface area contributed by atoms with Crippen molar-refractivity contribution in [1.82, 2.24) is 20.2 Å². The van der Waals surface area contributed by atoms with Crippen LogP contribution in [-0.2, 0) is 4.79 Å². The number of hydrogen-bond acceptors (Lipinski definition) is 6. The van der Waals surface area contributed by atoms with Crippen molar-refractivity contribution in [3.8, 4) is 0 Å². The summed E-state index contributed by atoms with van der Waals surface area (Å²) in [5, 5.41) is 3.06. The third-order valence-electron chi connectivity index (χ3n) is 5.34. The highest BCUT2D eigenvalue weighted by Crippen LogP contribution is 2.26. The van der Waals surface area contributed by atoms with Crippen LogP contribution in [-0.4, -0.2) is 58.3 Å². The maximum atomic E-state index is 12.5. The van der Waals surface area contributed by atoms with Crippen LogP contribution < -0.4 is 10.2 Å². The fraction of sp³-hybridized carbons (Fsp3) is 0.381. The van der Waals surface area contributed by atoms with Crippen molar-refractivity contribution in [3.05, 3.63) is 52.3 Å². The van der Waals surface area contributed by atoms with E-state index in [1.807, 2.05) is 0 Å². The highest BCUT2D eigenvalue weighted by molar-refractivity contribution is 9.10. The Hall–Kier alpha value is -2.81. The average molecular weight is 472 g/mol. The molecule has 8 nitrogen and oxygen atoms in total. The second-order valence-electron chi connectivity index (χ2n) is 7.46. The average Bonchev–Trinajstić information content (AvgIpc) is 2.99. The van der Waals surface area contributed by atoms with Crippen LogP contribution in [0.5, 0.6) is 0 Å². The normalized spacial score (nSPS) is 18.5. The number of anilines is 1. The summed E-state index contributed by atoms with van der Waals surface area (Å²) in [6, 6.07) is 6.87. The van der Waals surface area contributed by atoms with Gasteiger partial charge in [0.15, 0.2) is 0 Å². The van der Waals surface area contributed by atoms with Crippen molar-refractivity contribution in [2.45, 2.75) is 31.7 Å². The van der Waals surface area contributed by atoms with Gasteiger partial charge in [-0.15, -0.1) is 0 Å². The van der Waals surface area contributed by atoms with Crippen molar-refractivity contribution in [2.75, 3.05) is 24.5 Å². The van der Waals surface area contributed by atoms with E-state index in [1.165, 1.54) is 4.90 Å². The first-order valence-corrected chi connectivity index (χ1v) is 10.8. The highest BCUT2D eigenvalue weighted by atomic mass is 79.9. The summed E-state index contributed by atoms with van der Waals surface area (Å²) in [4.78, 5) is 49.2. The second kappa shape index (κ2) is 8.91. The minimum absolute atomic E-state index is 0.0340. The third kappa shape index (κ3) is 4.35. The summed E-state index contributed by atoms with van der Waals surface area (Å²) in [7, 11) is 0. The number of carbonyl (C=O) groups is 3. The van der Waals surface area contributed by atoms with Gasteiger partial charge >= 0.3 is 0 Å². The lowest BCUT2D eigenvalue weighted by Crippen LogP contribution is -2.48. The molecule has 0 aliphatic carbocycles. The van der Waals surface area contributed by atoms with E-state index in [2.05, 4.69) is 36.1 Å². The van der Waals surface area contributed by atoms with Gasteiger partial charge in [0.25, 0.3) is 11.8 Å². The molecule has 156 valence electrons. The Morgan fingerprint density at radius 3 is 2.73 bits per heavy atom. The molecule has 0 spiro atoms. The molecule has 0 radical (unpaired) electrons. The first-order chi connectivity index (χ1) is 14.5. The van der Waals surface area contributed by atoms with Crippen LogP contribution in [0.15, 0.2) is 41.1 Å². The molecule has 1 aromatic carbocycles.